The van der Waals surface area contributed by atoms with Crippen molar-refractivity contribution in [1.82, 2.24) is 9.59 Å². The quantitative estimate of drug-likeness (QED) is 0.841. The summed E-state index contributed by atoms with van der Waals surface area (Å²) in [6, 6.07) is 5.15. The highest BCUT2D eigenvalue weighted by atomic mass is 32.1. The van der Waals surface area contributed by atoms with E-state index in [1.807, 2.05) is 0 Å². The van der Waals surface area contributed by atoms with Crippen LogP contribution >= 0.6 is 11.5 Å². The van der Waals surface area contributed by atoms with Crippen LogP contribution in [0, 0.1) is 6.92 Å². The molecule has 0 saturated carbocycles. The van der Waals surface area contributed by atoms with Crippen LogP contribution in [0.3, 0.4) is 0 Å². The summed E-state index contributed by atoms with van der Waals surface area (Å²) in [7, 11) is 0. The smallest absolute Gasteiger partial charge is 0.277 e. The number of carbonyl (C=O) groups excluding carboxylic acids is 2. The summed E-state index contributed by atoms with van der Waals surface area (Å²) in [4.78, 5) is 22.5. The third kappa shape index (κ3) is 2.36. The second-order valence-electron chi connectivity index (χ2n) is 3.38. The van der Waals surface area contributed by atoms with E-state index in [1.165, 1.54) is 0 Å². The first-order chi connectivity index (χ1) is 8.22. The maximum absolute atomic E-state index is 11.7. The van der Waals surface area contributed by atoms with Crippen molar-refractivity contribution in [1.29, 1.82) is 0 Å². The largest absolute Gasteiger partial charge is 0.320 e. The number of carbonyl (C=O) groups is 2. The number of aromatic nitrogens is 2. The minimum absolute atomic E-state index is 0.269. The molecule has 1 aromatic heterocycles. The molecule has 0 atom stereocenters. The SMILES string of the molecule is Cc1c(C=O)cccc1NC(=O)c1csnn1. The Kier molecular flexibility index (Phi) is 3.24. The lowest BCUT2D eigenvalue weighted by Gasteiger charge is -2.08. The van der Waals surface area contributed by atoms with E-state index in [-0.39, 0.29) is 11.6 Å². The van der Waals surface area contributed by atoms with Gasteiger partial charge in [0.25, 0.3) is 5.91 Å². The monoisotopic (exact) mass is 247 g/mol. The van der Waals surface area contributed by atoms with Crippen LogP contribution in [-0.4, -0.2) is 21.8 Å². The zero-order valence-corrected chi connectivity index (χ0v) is 9.82. The molecule has 0 aliphatic heterocycles. The Morgan fingerprint density at radius 1 is 1.47 bits per heavy atom. The Balaban J connectivity index is 2.25. The first-order valence-corrected chi connectivity index (χ1v) is 5.69. The second kappa shape index (κ2) is 4.84. The van der Waals surface area contributed by atoms with Gasteiger partial charge in [0.2, 0.25) is 0 Å². The van der Waals surface area contributed by atoms with Crippen LogP contribution < -0.4 is 5.32 Å². The van der Waals surface area contributed by atoms with Crippen molar-refractivity contribution >= 4 is 29.4 Å². The second-order valence-corrected chi connectivity index (χ2v) is 3.99. The van der Waals surface area contributed by atoms with E-state index in [0.717, 1.165) is 23.4 Å². The minimum atomic E-state index is -0.329. The highest BCUT2D eigenvalue weighted by Gasteiger charge is 2.11. The minimum Gasteiger partial charge on any atom is -0.320 e. The lowest BCUT2D eigenvalue weighted by Crippen LogP contribution is -2.13. The molecule has 0 fully saturated rings. The van der Waals surface area contributed by atoms with Gasteiger partial charge < -0.3 is 5.32 Å². The van der Waals surface area contributed by atoms with Crippen molar-refractivity contribution in [3.05, 3.63) is 40.4 Å². The van der Waals surface area contributed by atoms with Crippen molar-refractivity contribution in [2.24, 2.45) is 0 Å². The highest BCUT2D eigenvalue weighted by Crippen LogP contribution is 2.18. The van der Waals surface area contributed by atoms with Crippen LogP contribution in [0.15, 0.2) is 23.6 Å². The lowest BCUT2D eigenvalue weighted by molar-refractivity contribution is 0.102. The Labute approximate surface area is 102 Å². The van der Waals surface area contributed by atoms with E-state index in [4.69, 9.17) is 0 Å². The van der Waals surface area contributed by atoms with Crippen LogP contribution in [0.2, 0.25) is 0 Å². The molecule has 0 unspecified atom stereocenters. The predicted octanol–water partition coefficient (Wildman–Crippen LogP) is 1.91. The molecule has 2 aromatic rings. The van der Waals surface area contributed by atoms with Gasteiger partial charge in [0.1, 0.15) is 6.29 Å². The predicted molar refractivity (Wildman–Crippen MR) is 64.4 cm³/mol. The van der Waals surface area contributed by atoms with Gasteiger partial charge in [0.15, 0.2) is 5.69 Å². The van der Waals surface area contributed by atoms with Crippen LogP contribution in [0.4, 0.5) is 5.69 Å². The fourth-order valence-electron chi connectivity index (χ4n) is 1.37. The van der Waals surface area contributed by atoms with Crippen molar-refractivity contribution < 1.29 is 9.59 Å². The number of nitrogens with zero attached hydrogens (tertiary/aromatic N) is 2. The lowest BCUT2D eigenvalue weighted by atomic mass is 10.1. The Hall–Kier alpha value is -2.08. The van der Waals surface area contributed by atoms with E-state index in [1.54, 1.807) is 30.5 Å². The highest BCUT2D eigenvalue weighted by molar-refractivity contribution is 7.03. The van der Waals surface area contributed by atoms with E-state index < -0.39 is 0 Å². The number of benzene rings is 1. The van der Waals surface area contributed by atoms with Gasteiger partial charge in [-0.1, -0.05) is 16.6 Å². The third-order valence-corrected chi connectivity index (χ3v) is 2.85. The fraction of sp³-hybridized carbons (Fsp3) is 0.0909. The van der Waals surface area contributed by atoms with Gasteiger partial charge in [-0.05, 0) is 30.1 Å². The first-order valence-electron chi connectivity index (χ1n) is 4.85. The zero-order chi connectivity index (χ0) is 12.3. The normalized spacial score (nSPS) is 9.94. The average molecular weight is 247 g/mol. The third-order valence-electron chi connectivity index (χ3n) is 2.34. The number of amides is 1. The molecule has 1 N–H and O–H groups in total. The average Bonchev–Trinajstić information content (AvgIpc) is 2.85. The van der Waals surface area contributed by atoms with Gasteiger partial charge in [-0.2, -0.15) is 0 Å². The van der Waals surface area contributed by atoms with Crippen LogP contribution in [0.5, 0.6) is 0 Å². The Morgan fingerprint density at radius 2 is 2.29 bits per heavy atom. The molecule has 6 heteroatoms. The molecule has 0 aliphatic rings. The summed E-state index contributed by atoms with van der Waals surface area (Å²) in [6.07, 6.45) is 0.759. The molecule has 1 heterocycles. The standard InChI is InChI=1S/C11H9N3O2S/c1-7-8(5-15)3-2-4-9(7)12-11(16)10-6-17-14-13-10/h2-6H,1H3,(H,12,16). The molecule has 1 amide bonds. The number of aldehydes is 1. The summed E-state index contributed by atoms with van der Waals surface area (Å²) < 4.78 is 3.62. The zero-order valence-electron chi connectivity index (χ0n) is 9.01. The summed E-state index contributed by atoms with van der Waals surface area (Å²) >= 11 is 1.11. The fourth-order valence-corrected chi connectivity index (χ4v) is 1.80. The van der Waals surface area contributed by atoms with Gasteiger partial charge in [-0.3, -0.25) is 9.59 Å². The van der Waals surface area contributed by atoms with E-state index in [2.05, 4.69) is 14.9 Å². The van der Waals surface area contributed by atoms with Gasteiger partial charge in [-0.15, -0.1) is 5.10 Å². The molecule has 1 aromatic carbocycles. The molecule has 0 bridgehead atoms. The van der Waals surface area contributed by atoms with Crippen molar-refractivity contribution in [2.75, 3.05) is 5.32 Å². The molecule has 2 rings (SSSR count). The van der Waals surface area contributed by atoms with Gasteiger partial charge in [-0.25, -0.2) is 0 Å². The van der Waals surface area contributed by atoms with Crippen molar-refractivity contribution in [3.8, 4) is 0 Å². The van der Waals surface area contributed by atoms with Gasteiger partial charge in [0, 0.05) is 16.6 Å². The molecule has 0 aliphatic carbocycles. The number of hydrogen-bond acceptors (Lipinski definition) is 5. The molecular weight excluding hydrogens is 238 g/mol. The van der Waals surface area contributed by atoms with Gasteiger partial charge >= 0.3 is 0 Å². The van der Waals surface area contributed by atoms with E-state index >= 15 is 0 Å². The number of nitrogens with one attached hydrogen (secondary N) is 1. The summed E-state index contributed by atoms with van der Waals surface area (Å²) in [5.41, 5.74) is 2.16. The maximum Gasteiger partial charge on any atom is 0.277 e. The van der Waals surface area contributed by atoms with Crippen LogP contribution in [0.1, 0.15) is 26.4 Å². The van der Waals surface area contributed by atoms with E-state index in [9.17, 15) is 9.59 Å². The number of anilines is 1. The Bertz CT molecular complexity index is 552. The molecule has 0 spiro atoms. The van der Waals surface area contributed by atoms with Crippen molar-refractivity contribution in [3.63, 3.8) is 0 Å². The molecule has 0 radical (unpaired) electrons. The topological polar surface area (TPSA) is 72.0 Å². The van der Waals surface area contributed by atoms with Crippen LogP contribution in [0.25, 0.3) is 0 Å². The molecule has 86 valence electrons. The molecule has 5 nitrogen and oxygen atoms in total. The molecule has 17 heavy (non-hydrogen) atoms. The van der Waals surface area contributed by atoms with Crippen molar-refractivity contribution in [2.45, 2.75) is 6.92 Å². The summed E-state index contributed by atoms with van der Waals surface area (Å²) in [5.74, 6) is -0.329. The van der Waals surface area contributed by atoms with Gasteiger partial charge in [0.05, 0.1) is 0 Å². The number of hydrogen-bond donors (Lipinski definition) is 1. The first kappa shape index (κ1) is 11.4. The summed E-state index contributed by atoms with van der Waals surface area (Å²) in [5, 5.41) is 7.93. The Morgan fingerprint density at radius 3 is 2.94 bits per heavy atom. The number of rotatable bonds is 3. The maximum atomic E-state index is 11.7. The van der Waals surface area contributed by atoms with E-state index in [0.29, 0.717) is 11.3 Å². The van der Waals surface area contributed by atoms with Crippen LogP contribution in [-0.2, 0) is 0 Å². The molecular formula is C11H9N3O2S. The summed E-state index contributed by atoms with van der Waals surface area (Å²) in [6.45, 7) is 1.78. The molecule has 0 saturated heterocycles.